The number of halogens is 4. The van der Waals surface area contributed by atoms with Gasteiger partial charge in [-0.25, -0.2) is 19.2 Å². The van der Waals surface area contributed by atoms with Crippen molar-refractivity contribution >= 4 is 87.6 Å². The van der Waals surface area contributed by atoms with Gasteiger partial charge < -0.3 is 14.6 Å². The number of carboxylic acid groups (broad SMARTS) is 1. The smallest absolute Gasteiger partial charge is 0.347 e. The van der Waals surface area contributed by atoms with E-state index >= 15 is 0 Å². The fourth-order valence-electron chi connectivity index (χ4n) is 2.03. The van der Waals surface area contributed by atoms with Gasteiger partial charge in [0.15, 0.2) is 0 Å². The number of hydrogen-bond acceptors (Lipinski definition) is 6. The van der Waals surface area contributed by atoms with Gasteiger partial charge in [-0.15, -0.1) is 0 Å². The summed E-state index contributed by atoms with van der Waals surface area (Å²) in [5, 5.41) is 9.09. The summed E-state index contributed by atoms with van der Waals surface area (Å²) < 4.78 is 10.3. The minimum Gasteiger partial charge on any atom is -0.478 e. The molecule has 7 nitrogen and oxygen atoms in total. The highest BCUT2D eigenvalue weighted by molar-refractivity contribution is 9.11. The van der Waals surface area contributed by atoms with Crippen LogP contribution in [0.1, 0.15) is 41.4 Å². The predicted octanol–water partition coefficient (Wildman–Crippen LogP) is 5.22. The van der Waals surface area contributed by atoms with Crippen LogP contribution in [0.3, 0.4) is 0 Å². The molecule has 0 aliphatic heterocycles. The summed E-state index contributed by atoms with van der Waals surface area (Å²) in [7, 11) is 1.22. The molecule has 1 N–H and O–H groups in total. The molecule has 2 aromatic rings. The Kier molecular flexibility index (Phi) is 7.54. The third-order valence-electron chi connectivity index (χ3n) is 3.37. The summed E-state index contributed by atoms with van der Waals surface area (Å²) in [6.07, 6.45) is 0. The van der Waals surface area contributed by atoms with Gasteiger partial charge in [0.25, 0.3) is 0 Å². The lowest BCUT2D eigenvalue weighted by Gasteiger charge is -2.10. The van der Waals surface area contributed by atoms with Gasteiger partial charge in [-0.05, 0) is 88.0 Å². The zero-order valence-corrected chi connectivity index (χ0v) is 20.1. The van der Waals surface area contributed by atoms with E-state index in [-0.39, 0.29) is 40.1 Å². The molecule has 0 atom stereocenters. The van der Waals surface area contributed by atoms with Gasteiger partial charge in [-0.3, -0.25) is 0 Å². The van der Waals surface area contributed by atoms with E-state index in [9.17, 15) is 19.2 Å². The lowest BCUT2D eigenvalue weighted by Crippen LogP contribution is -2.15. The Hall–Kier alpha value is -1.56. The van der Waals surface area contributed by atoms with Crippen LogP contribution in [-0.2, 0) is 9.47 Å². The molecule has 2 rings (SSSR count). The van der Waals surface area contributed by atoms with Gasteiger partial charge in [0, 0.05) is 17.9 Å². The molecule has 0 aliphatic carbocycles. The van der Waals surface area contributed by atoms with E-state index in [1.54, 1.807) is 0 Å². The molecule has 0 saturated heterocycles. The van der Waals surface area contributed by atoms with E-state index in [1.165, 1.54) is 31.4 Å². The van der Waals surface area contributed by atoms with E-state index in [0.717, 1.165) is 0 Å². The van der Waals surface area contributed by atoms with Crippen molar-refractivity contribution in [2.75, 3.05) is 7.11 Å². The maximum absolute atomic E-state index is 12.4. The van der Waals surface area contributed by atoms with Crippen LogP contribution in [0.5, 0.6) is 0 Å². The van der Waals surface area contributed by atoms with Crippen LogP contribution in [0.25, 0.3) is 0 Å². The molecule has 0 heterocycles. The van der Waals surface area contributed by atoms with Crippen molar-refractivity contribution in [2.24, 2.45) is 0 Å². The van der Waals surface area contributed by atoms with Crippen molar-refractivity contribution < 1.29 is 33.8 Å². The van der Waals surface area contributed by atoms with Crippen LogP contribution in [0, 0.1) is 0 Å². The van der Waals surface area contributed by atoms with E-state index in [2.05, 4.69) is 68.5 Å². The molecule has 146 valence electrons. The Bertz CT molecular complexity index is 1020. The summed E-state index contributed by atoms with van der Waals surface area (Å²) >= 11 is 12.5. The van der Waals surface area contributed by atoms with Gasteiger partial charge >= 0.3 is 23.9 Å². The van der Waals surface area contributed by atoms with Crippen molar-refractivity contribution in [3.8, 4) is 0 Å². The van der Waals surface area contributed by atoms with Gasteiger partial charge in [-0.2, -0.15) is 0 Å². The Balaban J connectivity index is 2.32. The van der Waals surface area contributed by atoms with Gasteiger partial charge in [-0.1, -0.05) is 0 Å². The number of esters is 3. The largest absolute Gasteiger partial charge is 0.478 e. The molecule has 0 bridgehead atoms. The van der Waals surface area contributed by atoms with Gasteiger partial charge in [0.1, 0.15) is 0 Å². The zero-order valence-electron chi connectivity index (χ0n) is 13.7. The standard InChI is InChI=1S/C17H8Br4O7/c1-27-15(24)7-3-13(21)9(5-12(7)20)17(26)28-16(25)8-4-10(18)6(14(22)23)2-11(8)19/h2-5H,1H3,(H,22,23). The fraction of sp³-hybridized carbons (Fsp3) is 0.0588. The second kappa shape index (κ2) is 9.29. The summed E-state index contributed by atoms with van der Waals surface area (Å²) in [4.78, 5) is 47.6. The van der Waals surface area contributed by atoms with Crippen molar-refractivity contribution in [3.63, 3.8) is 0 Å². The molecule has 0 aromatic heterocycles. The maximum atomic E-state index is 12.4. The first-order valence-corrected chi connectivity index (χ1v) is 10.3. The number of carboxylic acids is 1. The highest BCUT2D eigenvalue weighted by atomic mass is 79.9. The number of benzene rings is 2. The lowest BCUT2D eigenvalue weighted by molar-refractivity contribution is 0.0394. The lowest BCUT2D eigenvalue weighted by atomic mass is 10.1. The van der Waals surface area contributed by atoms with E-state index in [0.29, 0.717) is 0 Å². The van der Waals surface area contributed by atoms with Crippen molar-refractivity contribution in [1.29, 1.82) is 0 Å². The van der Waals surface area contributed by atoms with Crippen LogP contribution in [-0.4, -0.2) is 36.1 Å². The second-order valence-electron chi connectivity index (χ2n) is 5.10. The maximum Gasteiger partial charge on any atom is 0.347 e. The number of rotatable bonds is 4. The average molecular weight is 644 g/mol. The molecule has 11 heteroatoms. The molecular formula is C17H8Br4O7. The molecular weight excluding hydrogens is 636 g/mol. The first-order chi connectivity index (χ1) is 13.1. The SMILES string of the molecule is COC(=O)c1cc(Br)c(C(=O)OC(=O)c2cc(Br)c(C(=O)O)cc2Br)cc1Br. The Morgan fingerprint density at radius 1 is 0.679 bits per heavy atom. The minimum absolute atomic E-state index is 0.00905. The van der Waals surface area contributed by atoms with Crippen LogP contribution < -0.4 is 0 Å². The fourth-order valence-corrected chi connectivity index (χ4v) is 4.06. The normalized spacial score (nSPS) is 10.3. The topological polar surface area (TPSA) is 107 Å². The Morgan fingerprint density at radius 3 is 1.36 bits per heavy atom. The highest BCUT2D eigenvalue weighted by Crippen LogP contribution is 2.29. The van der Waals surface area contributed by atoms with Crippen LogP contribution in [0.4, 0.5) is 0 Å². The van der Waals surface area contributed by atoms with Gasteiger partial charge in [0.2, 0.25) is 0 Å². The van der Waals surface area contributed by atoms with E-state index < -0.39 is 23.9 Å². The molecule has 0 saturated carbocycles. The van der Waals surface area contributed by atoms with Crippen molar-refractivity contribution in [1.82, 2.24) is 0 Å². The van der Waals surface area contributed by atoms with Crippen LogP contribution >= 0.6 is 63.7 Å². The molecule has 28 heavy (non-hydrogen) atoms. The number of hydrogen-bond donors (Lipinski definition) is 1. The van der Waals surface area contributed by atoms with Crippen molar-refractivity contribution in [2.45, 2.75) is 0 Å². The third kappa shape index (κ3) is 4.88. The predicted molar refractivity (Wildman–Crippen MR) is 112 cm³/mol. The Morgan fingerprint density at radius 2 is 1.00 bits per heavy atom. The summed E-state index contributed by atoms with van der Waals surface area (Å²) in [5.41, 5.74) is 0.0461. The summed E-state index contributed by atoms with van der Waals surface area (Å²) in [5.74, 6) is -3.77. The molecule has 0 spiro atoms. The summed E-state index contributed by atoms with van der Waals surface area (Å²) in [6, 6.07) is 5.11. The first kappa shape index (κ1) is 22.7. The molecule has 0 unspecified atom stereocenters. The van der Waals surface area contributed by atoms with Crippen molar-refractivity contribution in [3.05, 3.63) is 64.4 Å². The number of carbonyl (C=O) groups excluding carboxylic acids is 3. The second-order valence-corrected chi connectivity index (χ2v) is 8.51. The third-order valence-corrected chi connectivity index (χ3v) is 6.00. The van der Waals surface area contributed by atoms with E-state index in [1.807, 2.05) is 0 Å². The number of aromatic carboxylic acids is 1. The average Bonchev–Trinajstić information content (AvgIpc) is 2.63. The summed E-state index contributed by atoms with van der Waals surface area (Å²) in [6.45, 7) is 0. The molecule has 0 radical (unpaired) electrons. The number of methoxy groups -OCH3 is 1. The van der Waals surface area contributed by atoms with Gasteiger partial charge in [0.05, 0.1) is 29.4 Å². The molecule has 0 amide bonds. The Labute approximate surface area is 191 Å². The van der Waals surface area contributed by atoms with Crippen LogP contribution in [0.15, 0.2) is 42.2 Å². The highest BCUT2D eigenvalue weighted by Gasteiger charge is 2.24. The zero-order chi connectivity index (χ0) is 21.2. The first-order valence-electron chi connectivity index (χ1n) is 7.13. The number of carbonyl (C=O) groups is 4. The molecule has 0 aliphatic rings. The quantitative estimate of drug-likeness (QED) is 0.360. The molecule has 2 aromatic carbocycles. The molecule has 0 fully saturated rings. The van der Waals surface area contributed by atoms with E-state index in [4.69, 9.17) is 9.84 Å². The monoisotopic (exact) mass is 640 g/mol. The van der Waals surface area contributed by atoms with Crippen LogP contribution in [0.2, 0.25) is 0 Å². The number of ether oxygens (including phenoxy) is 2. The minimum atomic E-state index is -1.19.